The molecule has 0 spiro atoms. The van der Waals surface area contributed by atoms with Crippen molar-refractivity contribution in [3.8, 4) is 28.4 Å². The number of benzene rings is 2. The van der Waals surface area contributed by atoms with E-state index in [1.165, 1.54) is 31.4 Å². The van der Waals surface area contributed by atoms with Crippen LogP contribution in [0.2, 0.25) is 0 Å². The fourth-order valence-electron chi connectivity index (χ4n) is 7.34. The number of fused-ring (bicyclic) bond motifs is 6. The Kier molecular flexibility index (Phi) is 8.40. The molecule has 8 rings (SSSR count). The fraction of sp³-hybridized carbons (Fsp3) is 0.361. The molecule has 16 heteroatoms. The maximum Gasteiger partial charge on any atom is 0.245 e. The predicted octanol–water partition coefficient (Wildman–Crippen LogP) is 4.43. The van der Waals surface area contributed by atoms with Gasteiger partial charge in [0.15, 0.2) is 5.65 Å². The number of hydrogen-bond donors (Lipinski definition) is 0. The van der Waals surface area contributed by atoms with Crippen LogP contribution < -0.4 is 14.4 Å². The molecule has 1 saturated heterocycles. The van der Waals surface area contributed by atoms with Crippen LogP contribution in [-0.4, -0.2) is 102 Å². The van der Waals surface area contributed by atoms with Crippen LogP contribution >= 0.6 is 0 Å². The molecule has 3 atom stereocenters. The topological polar surface area (TPSA) is 138 Å². The molecule has 4 bridgehead atoms. The number of carbonyl (C=O) groups excluding carboxylic acids is 1. The second kappa shape index (κ2) is 13.1. The van der Waals surface area contributed by atoms with E-state index in [2.05, 4.69) is 20.3 Å². The minimum atomic E-state index is -0.687. The second-order valence-electron chi connectivity index (χ2n) is 13.0. The van der Waals surface area contributed by atoms with Crippen LogP contribution in [0, 0.1) is 25.5 Å². The Morgan fingerprint density at radius 3 is 2.65 bits per heavy atom. The number of nitrogens with zero attached hydrogens (tertiary/aromatic N) is 10. The first kappa shape index (κ1) is 33.4. The summed E-state index contributed by atoms with van der Waals surface area (Å²) in [5.41, 5.74) is 3.37. The van der Waals surface area contributed by atoms with Gasteiger partial charge in [-0.2, -0.15) is 10.2 Å². The molecule has 1 fully saturated rings. The van der Waals surface area contributed by atoms with Crippen LogP contribution in [-0.2, 0) is 16.1 Å². The lowest BCUT2D eigenvalue weighted by Crippen LogP contribution is -2.47. The van der Waals surface area contributed by atoms with E-state index in [1.807, 2.05) is 23.3 Å². The van der Waals surface area contributed by atoms with Crippen molar-refractivity contribution in [3.63, 3.8) is 0 Å². The van der Waals surface area contributed by atoms with Crippen molar-refractivity contribution in [2.24, 2.45) is 0 Å². The van der Waals surface area contributed by atoms with E-state index in [-0.39, 0.29) is 30.6 Å². The van der Waals surface area contributed by atoms with Gasteiger partial charge in [0.05, 0.1) is 55.1 Å². The number of halogens is 2. The average molecular weight is 711 g/mol. The van der Waals surface area contributed by atoms with Gasteiger partial charge in [-0.25, -0.2) is 28.4 Å². The lowest BCUT2D eigenvalue weighted by atomic mass is 10.1. The van der Waals surface area contributed by atoms with Crippen LogP contribution in [0.25, 0.3) is 38.9 Å². The van der Waals surface area contributed by atoms with E-state index in [4.69, 9.17) is 24.2 Å². The summed E-state index contributed by atoms with van der Waals surface area (Å²) in [6.07, 6.45) is 2.59. The Bertz CT molecular complexity index is 2350. The van der Waals surface area contributed by atoms with Crippen LogP contribution in [0.3, 0.4) is 0 Å². The van der Waals surface area contributed by atoms with Crippen LogP contribution in [0.1, 0.15) is 25.0 Å². The van der Waals surface area contributed by atoms with Crippen molar-refractivity contribution in [1.82, 2.24) is 44.4 Å². The lowest BCUT2D eigenvalue weighted by molar-refractivity contribution is -0.133. The number of ether oxygens (including phenoxy) is 3. The number of aromatic nitrogens is 8. The number of rotatable bonds is 5. The van der Waals surface area contributed by atoms with Crippen molar-refractivity contribution in [3.05, 3.63) is 72.1 Å². The van der Waals surface area contributed by atoms with E-state index >= 15 is 4.39 Å². The minimum absolute atomic E-state index is 0.155. The van der Waals surface area contributed by atoms with Crippen molar-refractivity contribution in [1.29, 1.82) is 0 Å². The first-order valence-corrected chi connectivity index (χ1v) is 17.0. The number of likely N-dealkylation sites (N-methyl/N-ethyl adjacent to an activating group) is 1. The Labute approximate surface area is 297 Å². The molecule has 4 aromatic heterocycles. The molecular weight excluding hydrogens is 674 g/mol. The largest absolute Gasteiger partial charge is 0.494 e. The van der Waals surface area contributed by atoms with E-state index in [1.54, 1.807) is 48.1 Å². The van der Waals surface area contributed by atoms with E-state index in [0.29, 0.717) is 70.4 Å². The first-order valence-electron chi connectivity index (χ1n) is 17.0. The molecule has 1 amide bonds. The third-order valence-electron chi connectivity index (χ3n) is 9.58. The maximum atomic E-state index is 15.0. The minimum Gasteiger partial charge on any atom is -0.494 e. The number of carbonyl (C=O) groups is 1. The van der Waals surface area contributed by atoms with Crippen LogP contribution in [0.4, 0.5) is 14.6 Å². The standard InChI is InChI=1S/C36H36F2N10O4/c1-6-51-25-16-45(4)36(49)30-13-24(52-32-9-21(14-39-44-32)26-10-23(38)11-28-33(26)46(18-25)20(3)43-28)17-47(30)34-27-15-40-48(35(27)42-19(2)41-34)29-8-7-22(37)12-31(29)50-5/h7-12,14-15,24-25,30H,6,13,16-18H2,1-5H3/t24-,25+,30-/m0/s1. The Hall–Kier alpha value is -5.77. The summed E-state index contributed by atoms with van der Waals surface area (Å²) in [6.45, 7) is 6.87. The Morgan fingerprint density at radius 1 is 1.00 bits per heavy atom. The molecule has 2 aromatic carbocycles. The van der Waals surface area contributed by atoms with Gasteiger partial charge in [-0.3, -0.25) is 4.79 Å². The highest BCUT2D eigenvalue weighted by atomic mass is 19.1. The monoisotopic (exact) mass is 710 g/mol. The summed E-state index contributed by atoms with van der Waals surface area (Å²) in [7, 11) is 3.21. The summed E-state index contributed by atoms with van der Waals surface area (Å²) < 4.78 is 50.8. The first-order chi connectivity index (χ1) is 25.1. The Morgan fingerprint density at radius 2 is 1.85 bits per heavy atom. The number of anilines is 1. The molecule has 6 heterocycles. The lowest BCUT2D eigenvalue weighted by Gasteiger charge is -2.31. The van der Waals surface area contributed by atoms with E-state index in [0.717, 1.165) is 5.52 Å². The average Bonchev–Trinajstić information content (AvgIpc) is 3.82. The molecule has 6 aromatic rings. The van der Waals surface area contributed by atoms with Crippen LogP contribution in [0.5, 0.6) is 11.6 Å². The molecule has 2 aliphatic rings. The smallest absolute Gasteiger partial charge is 0.245 e. The summed E-state index contributed by atoms with van der Waals surface area (Å²) in [6, 6.07) is 8.09. The SMILES string of the molecule is CCO[C@@H]1CN(C)C(=O)[C@@H]2C[C@@H](CN2c2nc(C)nc3c2cnn3-c2ccc(F)cc2OC)Oc2cc(cnn2)-c2cc(F)cc3nc(C)n(c23)C1. The molecular formula is C36H36F2N10O4. The molecule has 0 aliphatic carbocycles. The number of imidazole rings is 1. The van der Waals surface area contributed by atoms with Gasteiger partial charge in [-0.15, -0.1) is 5.10 Å². The zero-order valence-corrected chi connectivity index (χ0v) is 29.2. The van der Waals surface area contributed by atoms with Crippen LogP contribution in [0.15, 0.2) is 48.8 Å². The van der Waals surface area contributed by atoms with Gasteiger partial charge < -0.3 is 28.6 Å². The van der Waals surface area contributed by atoms with Gasteiger partial charge in [0.25, 0.3) is 0 Å². The molecule has 0 unspecified atom stereocenters. The third-order valence-corrected chi connectivity index (χ3v) is 9.58. The van der Waals surface area contributed by atoms with E-state index < -0.39 is 29.9 Å². The number of amides is 1. The fourth-order valence-corrected chi connectivity index (χ4v) is 7.34. The summed E-state index contributed by atoms with van der Waals surface area (Å²) in [5.74, 6) is 1.09. The van der Waals surface area contributed by atoms with E-state index in [9.17, 15) is 9.18 Å². The van der Waals surface area contributed by atoms with Crippen molar-refractivity contribution in [2.45, 2.75) is 52.0 Å². The molecule has 2 aliphatic heterocycles. The van der Waals surface area contributed by atoms with Gasteiger partial charge in [0.1, 0.15) is 52.7 Å². The molecule has 14 nitrogen and oxygen atoms in total. The maximum absolute atomic E-state index is 15.0. The van der Waals surface area contributed by atoms with Gasteiger partial charge in [-0.05, 0) is 39.0 Å². The molecule has 52 heavy (non-hydrogen) atoms. The highest BCUT2D eigenvalue weighted by Crippen LogP contribution is 2.36. The summed E-state index contributed by atoms with van der Waals surface area (Å²) >= 11 is 0. The second-order valence-corrected chi connectivity index (χ2v) is 13.0. The van der Waals surface area contributed by atoms with Gasteiger partial charge in [0.2, 0.25) is 11.8 Å². The molecule has 0 saturated carbocycles. The number of methoxy groups -OCH3 is 1. The summed E-state index contributed by atoms with van der Waals surface area (Å²) in [4.78, 5) is 32.3. The zero-order chi connectivity index (χ0) is 36.3. The number of hydrogen-bond acceptors (Lipinski definition) is 11. The number of aryl methyl sites for hydroxylation is 2. The Balaban J connectivity index is 1.24. The highest BCUT2D eigenvalue weighted by Gasteiger charge is 2.42. The zero-order valence-electron chi connectivity index (χ0n) is 29.2. The third kappa shape index (κ3) is 5.81. The summed E-state index contributed by atoms with van der Waals surface area (Å²) in [5, 5.41) is 13.7. The quantitative estimate of drug-likeness (QED) is 0.251. The van der Waals surface area contributed by atoms with Crippen molar-refractivity contribution < 1.29 is 27.8 Å². The molecule has 0 radical (unpaired) electrons. The van der Waals surface area contributed by atoms with Crippen molar-refractivity contribution >= 4 is 33.8 Å². The normalized spacial score (nSPS) is 19.2. The predicted molar refractivity (Wildman–Crippen MR) is 187 cm³/mol. The van der Waals surface area contributed by atoms with Gasteiger partial charge >= 0.3 is 0 Å². The van der Waals surface area contributed by atoms with Gasteiger partial charge in [0, 0.05) is 55.9 Å². The van der Waals surface area contributed by atoms with Crippen molar-refractivity contribution in [2.75, 3.05) is 38.8 Å². The van der Waals surface area contributed by atoms with Gasteiger partial charge in [-0.1, -0.05) is 0 Å². The molecule has 268 valence electrons. The highest BCUT2D eigenvalue weighted by molar-refractivity contribution is 5.94. The molecule has 0 N–H and O–H groups in total.